The van der Waals surface area contributed by atoms with Crippen LogP contribution in [0, 0.1) is 0 Å². The van der Waals surface area contributed by atoms with Gasteiger partial charge in [0.2, 0.25) is 0 Å². The lowest BCUT2D eigenvalue weighted by molar-refractivity contribution is 0.495. The van der Waals surface area contributed by atoms with E-state index in [2.05, 4.69) is 0 Å². The monoisotopic (exact) mass is 212 g/mol. The molecule has 0 saturated heterocycles. The average molecular weight is 212 g/mol. The molecule has 0 spiro atoms. The molecule has 3 nitrogen and oxygen atoms in total. The summed E-state index contributed by atoms with van der Waals surface area (Å²) in [5.41, 5.74) is 0. The van der Waals surface area contributed by atoms with E-state index in [1.807, 2.05) is 13.0 Å². The van der Waals surface area contributed by atoms with Crippen molar-refractivity contribution in [3.63, 3.8) is 0 Å². The summed E-state index contributed by atoms with van der Waals surface area (Å²) in [6.45, 7) is 3.20. The summed E-state index contributed by atoms with van der Waals surface area (Å²) in [6.07, 6.45) is 1.80. The highest BCUT2D eigenvalue weighted by atomic mass is 32.2. The molecular formula is C10H12O3S. The summed E-state index contributed by atoms with van der Waals surface area (Å²) in [6, 6.07) is 7.01. The molecular weight excluding hydrogens is 200 g/mol. The van der Waals surface area contributed by atoms with Crippen LogP contribution in [0.1, 0.15) is 13.8 Å². The van der Waals surface area contributed by atoms with Gasteiger partial charge in [0.25, 0.3) is 10.1 Å². The number of rotatable bonds is 1. The maximum absolute atomic E-state index is 10.9. The highest BCUT2D eigenvalue weighted by Crippen LogP contribution is 1.98. The first-order valence-electron chi connectivity index (χ1n) is 4.16. The van der Waals surface area contributed by atoms with Gasteiger partial charge < -0.3 is 0 Å². The van der Waals surface area contributed by atoms with Crippen LogP contribution in [0.25, 0.3) is 11.0 Å². The van der Waals surface area contributed by atoms with Gasteiger partial charge in [-0.1, -0.05) is 30.3 Å². The lowest BCUT2D eigenvalue weighted by Gasteiger charge is -1.96. The first kappa shape index (κ1) is 10.9. The van der Waals surface area contributed by atoms with Crippen molar-refractivity contribution in [3.8, 4) is 0 Å². The minimum absolute atomic E-state index is 0.0220. The van der Waals surface area contributed by atoms with E-state index < -0.39 is 10.1 Å². The Bertz CT molecular complexity index is 541. The van der Waals surface area contributed by atoms with E-state index in [1.54, 1.807) is 24.3 Å². The summed E-state index contributed by atoms with van der Waals surface area (Å²) in [4.78, 5) is -0.0220. The highest BCUT2D eigenvalue weighted by molar-refractivity contribution is 7.94. The summed E-state index contributed by atoms with van der Waals surface area (Å²) >= 11 is 0. The average Bonchev–Trinajstić information content (AvgIpc) is 2.15. The third-order valence-corrected chi connectivity index (χ3v) is 3.03. The minimum atomic E-state index is -4.09. The Hall–Kier alpha value is -1.13. The van der Waals surface area contributed by atoms with Gasteiger partial charge in [-0.05, 0) is 24.3 Å². The van der Waals surface area contributed by atoms with Crippen LogP contribution in [0.5, 0.6) is 0 Å². The lowest BCUT2D eigenvalue weighted by atomic mass is 10.2. The van der Waals surface area contributed by atoms with Crippen molar-refractivity contribution in [2.24, 2.45) is 0 Å². The zero-order valence-electron chi connectivity index (χ0n) is 8.06. The summed E-state index contributed by atoms with van der Waals surface area (Å²) in [7, 11) is -4.09. The van der Waals surface area contributed by atoms with Crippen LogP contribution in [0.15, 0.2) is 24.3 Å². The molecule has 0 aliphatic carbocycles. The maximum Gasteiger partial charge on any atom is 0.290 e. The Morgan fingerprint density at radius 2 is 1.93 bits per heavy atom. The van der Waals surface area contributed by atoms with E-state index in [4.69, 9.17) is 4.55 Å². The van der Waals surface area contributed by atoms with Crippen LogP contribution in [-0.4, -0.2) is 13.0 Å². The second-order valence-electron chi connectivity index (χ2n) is 2.91. The summed E-state index contributed by atoms with van der Waals surface area (Å²) < 4.78 is 30.7. The SMILES string of the molecule is C/C=c1/cccc/c1=C(/C)S(=O)(=O)O. The molecule has 0 aliphatic rings. The van der Waals surface area contributed by atoms with Gasteiger partial charge in [-0.3, -0.25) is 4.55 Å². The second kappa shape index (κ2) is 3.94. The van der Waals surface area contributed by atoms with Crippen molar-refractivity contribution < 1.29 is 13.0 Å². The topological polar surface area (TPSA) is 54.4 Å². The molecule has 0 unspecified atom stereocenters. The zero-order chi connectivity index (χ0) is 10.8. The van der Waals surface area contributed by atoms with Gasteiger partial charge in [0, 0.05) is 0 Å². The molecule has 1 rings (SSSR count). The summed E-state index contributed by atoms with van der Waals surface area (Å²) in [5.74, 6) is 0. The van der Waals surface area contributed by atoms with E-state index in [0.717, 1.165) is 5.22 Å². The van der Waals surface area contributed by atoms with Crippen LogP contribution in [0.4, 0.5) is 0 Å². The lowest BCUT2D eigenvalue weighted by Crippen LogP contribution is -2.27. The van der Waals surface area contributed by atoms with Gasteiger partial charge in [0.15, 0.2) is 0 Å². The van der Waals surface area contributed by atoms with Crippen molar-refractivity contribution >= 4 is 21.1 Å². The number of hydrogen-bond donors (Lipinski definition) is 1. The molecule has 76 valence electrons. The summed E-state index contributed by atoms with van der Waals surface area (Å²) in [5, 5.41) is 1.33. The van der Waals surface area contributed by atoms with Crippen LogP contribution in [0.2, 0.25) is 0 Å². The molecule has 0 heterocycles. The zero-order valence-corrected chi connectivity index (χ0v) is 8.88. The van der Waals surface area contributed by atoms with E-state index >= 15 is 0 Å². The Morgan fingerprint density at radius 1 is 1.36 bits per heavy atom. The molecule has 1 aromatic rings. The van der Waals surface area contributed by atoms with Gasteiger partial charge in [-0.15, -0.1) is 0 Å². The molecule has 0 fully saturated rings. The Labute approximate surface area is 83.1 Å². The van der Waals surface area contributed by atoms with E-state index in [-0.39, 0.29) is 4.91 Å². The Balaban J connectivity index is 3.79. The quantitative estimate of drug-likeness (QED) is 0.690. The van der Waals surface area contributed by atoms with Gasteiger partial charge in [-0.2, -0.15) is 8.42 Å². The molecule has 0 atom stereocenters. The number of benzene rings is 1. The third kappa shape index (κ3) is 2.21. The number of hydrogen-bond acceptors (Lipinski definition) is 2. The fourth-order valence-corrected chi connectivity index (χ4v) is 1.67. The van der Waals surface area contributed by atoms with Crippen LogP contribution in [-0.2, 0) is 10.1 Å². The molecule has 0 amide bonds. The largest absolute Gasteiger partial charge is 0.290 e. The van der Waals surface area contributed by atoms with Crippen molar-refractivity contribution in [2.75, 3.05) is 0 Å². The van der Waals surface area contributed by atoms with Gasteiger partial charge >= 0.3 is 0 Å². The van der Waals surface area contributed by atoms with Gasteiger partial charge in [0.1, 0.15) is 0 Å². The fraction of sp³-hybridized carbons (Fsp3) is 0.200. The molecule has 0 bridgehead atoms. The van der Waals surface area contributed by atoms with Crippen molar-refractivity contribution in [1.29, 1.82) is 0 Å². The molecule has 4 heteroatoms. The van der Waals surface area contributed by atoms with Gasteiger partial charge in [0.05, 0.1) is 4.91 Å². The fourth-order valence-electron chi connectivity index (χ4n) is 1.21. The van der Waals surface area contributed by atoms with Gasteiger partial charge in [-0.25, -0.2) is 0 Å². The van der Waals surface area contributed by atoms with Crippen LogP contribution >= 0.6 is 0 Å². The molecule has 0 saturated carbocycles. The predicted octanol–water partition coefficient (Wildman–Crippen LogP) is 0.503. The van der Waals surface area contributed by atoms with Crippen LogP contribution < -0.4 is 10.4 Å². The Kier molecular flexibility index (Phi) is 3.08. The van der Waals surface area contributed by atoms with E-state index in [9.17, 15) is 8.42 Å². The molecule has 1 N–H and O–H groups in total. The normalized spacial score (nSPS) is 15.5. The minimum Gasteiger partial charge on any atom is -0.282 e. The van der Waals surface area contributed by atoms with Crippen molar-refractivity contribution in [3.05, 3.63) is 34.7 Å². The molecule has 0 aliphatic heterocycles. The molecule has 0 radical (unpaired) electrons. The molecule has 1 aromatic carbocycles. The second-order valence-corrected chi connectivity index (χ2v) is 4.47. The standard InChI is InChI=1S/C10H12O3S/c1-3-9-6-4-5-7-10(9)8(2)14(11,12)13/h3-7H,1-2H3,(H,11,12,13)/b9-3-,10-8+. The third-order valence-electron chi connectivity index (χ3n) is 2.04. The highest BCUT2D eigenvalue weighted by Gasteiger charge is 2.08. The predicted molar refractivity (Wildman–Crippen MR) is 56.5 cm³/mol. The van der Waals surface area contributed by atoms with E-state index in [0.29, 0.717) is 5.22 Å². The van der Waals surface area contributed by atoms with Crippen molar-refractivity contribution in [2.45, 2.75) is 13.8 Å². The van der Waals surface area contributed by atoms with E-state index in [1.165, 1.54) is 6.92 Å². The van der Waals surface area contributed by atoms with Crippen molar-refractivity contribution in [1.82, 2.24) is 0 Å². The molecule has 0 aromatic heterocycles. The smallest absolute Gasteiger partial charge is 0.282 e. The Morgan fingerprint density at radius 3 is 2.43 bits per heavy atom. The maximum atomic E-state index is 10.9. The molecule has 14 heavy (non-hydrogen) atoms. The first-order chi connectivity index (χ1) is 6.46. The first-order valence-corrected chi connectivity index (χ1v) is 5.60. The van der Waals surface area contributed by atoms with Crippen LogP contribution in [0.3, 0.4) is 0 Å².